The van der Waals surface area contributed by atoms with E-state index in [2.05, 4.69) is 22.5 Å². The highest BCUT2D eigenvalue weighted by atomic mass is 16.2. The molecule has 0 aliphatic carbocycles. The van der Waals surface area contributed by atoms with Gasteiger partial charge in [0.2, 0.25) is 5.91 Å². The Morgan fingerprint density at radius 1 is 1.52 bits per heavy atom. The standard InChI is InChI=1S/C16H20N4O/c1-2-16(7-4-8-18-16)15(21)19-13-5-3-6-14(11-13)20-10-9-17-12-20/h3,5-6,9-12,18H,2,4,7-8H2,1H3,(H,19,21). The predicted molar refractivity (Wildman–Crippen MR) is 82.5 cm³/mol. The van der Waals surface area contributed by atoms with Crippen LogP contribution in [0.5, 0.6) is 0 Å². The third-order valence-corrected chi connectivity index (χ3v) is 4.19. The van der Waals surface area contributed by atoms with Crippen LogP contribution in [0.1, 0.15) is 26.2 Å². The molecule has 1 aliphatic rings. The number of aromatic nitrogens is 2. The molecule has 0 radical (unpaired) electrons. The number of nitrogens with one attached hydrogen (secondary N) is 2. The lowest BCUT2D eigenvalue weighted by atomic mass is 9.93. The topological polar surface area (TPSA) is 59.0 Å². The van der Waals surface area contributed by atoms with E-state index in [4.69, 9.17) is 0 Å². The SMILES string of the molecule is CCC1(C(=O)Nc2cccc(-n3ccnc3)c2)CCCN1. The smallest absolute Gasteiger partial charge is 0.244 e. The first-order valence-electron chi connectivity index (χ1n) is 7.38. The van der Waals surface area contributed by atoms with E-state index in [1.807, 2.05) is 35.0 Å². The van der Waals surface area contributed by atoms with Gasteiger partial charge < -0.3 is 15.2 Å². The second-order valence-corrected chi connectivity index (χ2v) is 5.44. The first-order valence-corrected chi connectivity index (χ1v) is 7.38. The van der Waals surface area contributed by atoms with Crippen molar-refractivity contribution in [2.24, 2.45) is 0 Å². The molecule has 1 saturated heterocycles. The maximum absolute atomic E-state index is 12.6. The maximum atomic E-state index is 12.6. The lowest BCUT2D eigenvalue weighted by Crippen LogP contribution is -2.50. The van der Waals surface area contributed by atoms with E-state index in [9.17, 15) is 4.79 Å². The second-order valence-electron chi connectivity index (χ2n) is 5.44. The second kappa shape index (κ2) is 5.69. The summed E-state index contributed by atoms with van der Waals surface area (Å²) in [4.78, 5) is 16.6. The fourth-order valence-corrected chi connectivity index (χ4v) is 2.87. The Bertz CT molecular complexity index is 615. The van der Waals surface area contributed by atoms with Crippen LogP contribution in [0.15, 0.2) is 43.0 Å². The zero-order valence-corrected chi connectivity index (χ0v) is 12.2. The van der Waals surface area contributed by atoms with E-state index in [1.165, 1.54) is 0 Å². The summed E-state index contributed by atoms with van der Waals surface area (Å²) in [6.07, 6.45) is 8.12. The van der Waals surface area contributed by atoms with Crippen LogP contribution in [0.4, 0.5) is 5.69 Å². The Hall–Kier alpha value is -2.14. The lowest BCUT2D eigenvalue weighted by Gasteiger charge is -2.26. The number of carbonyl (C=O) groups excluding carboxylic acids is 1. The maximum Gasteiger partial charge on any atom is 0.244 e. The molecule has 5 heteroatoms. The van der Waals surface area contributed by atoms with Gasteiger partial charge >= 0.3 is 0 Å². The Labute approximate surface area is 124 Å². The van der Waals surface area contributed by atoms with Crippen molar-refractivity contribution in [2.75, 3.05) is 11.9 Å². The number of hydrogen-bond acceptors (Lipinski definition) is 3. The molecule has 1 unspecified atom stereocenters. The van der Waals surface area contributed by atoms with Crippen molar-refractivity contribution in [1.82, 2.24) is 14.9 Å². The summed E-state index contributed by atoms with van der Waals surface area (Å²) < 4.78 is 1.92. The number of benzene rings is 1. The summed E-state index contributed by atoms with van der Waals surface area (Å²) in [6.45, 7) is 2.97. The molecule has 21 heavy (non-hydrogen) atoms. The molecule has 5 nitrogen and oxygen atoms in total. The van der Waals surface area contributed by atoms with Gasteiger partial charge in [-0.1, -0.05) is 13.0 Å². The van der Waals surface area contributed by atoms with Crippen LogP contribution in [0.25, 0.3) is 5.69 Å². The van der Waals surface area contributed by atoms with Crippen LogP contribution < -0.4 is 10.6 Å². The molecule has 1 atom stereocenters. The Kier molecular flexibility index (Phi) is 3.75. The van der Waals surface area contributed by atoms with Gasteiger partial charge in [0.1, 0.15) is 0 Å². The molecule has 1 fully saturated rings. The Morgan fingerprint density at radius 3 is 3.10 bits per heavy atom. The summed E-state index contributed by atoms with van der Waals surface area (Å²) in [5.74, 6) is 0.0604. The summed E-state index contributed by atoms with van der Waals surface area (Å²) in [5.41, 5.74) is 1.38. The minimum atomic E-state index is -0.412. The van der Waals surface area contributed by atoms with Crippen molar-refractivity contribution in [1.29, 1.82) is 0 Å². The number of rotatable bonds is 4. The zero-order chi connectivity index (χ0) is 14.7. The average Bonchev–Trinajstić information content (AvgIpc) is 3.20. The van der Waals surface area contributed by atoms with Crippen LogP contribution in [0, 0.1) is 0 Å². The molecule has 3 rings (SSSR count). The summed E-state index contributed by atoms with van der Waals surface area (Å²) >= 11 is 0. The van der Waals surface area contributed by atoms with Gasteiger partial charge in [0, 0.05) is 23.8 Å². The number of nitrogens with zero attached hydrogens (tertiary/aromatic N) is 2. The highest BCUT2D eigenvalue weighted by Gasteiger charge is 2.39. The van der Waals surface area contributed by atoms with Gasteiger partial charge in [0.15, 0.2) is 0 Å². The van der Waals surface area contributed by atoms with Crippen molar-refractivity contribution in [3.05, 3.63) is 43.0 Å². The highest BCUT2D eigenvalue weighted by molar-refractivity contribution is 5.98. The first-order chi connectivity index (χ1) is 10.2. The number of hydrogen-bond donors (Lipinski definition) is 2. The van der Waals surface area contributed by atoms with Crippen molar-refractivity contribution in [3.8, 4) is 5.69 Å². The largest absolute Gasteiger partial charge is 0.324 e. The van der Waals surface area contributed by atoms with Crippen molar-refractivity contribution in [2.45, 2.75) is 31.7 Å². The molecule has 1 aromatic carbocycles. The molecule has 0 spiro atoms. The molecule has 2 heterocycles. The Balaban J connectivity index is 1.79. The van der Waals surface area contributed by atoms with E-state index in [0.29, 0.717) is 0 Å². The molecule has 1 amide bonds. The fraction of sp³-hybridized carbons (Fsp3) is 0.375. The van der Waals surface area contributed by atoms with E-state index in [1.54, 1.807) is 12.5 Å². The average molecular weight is 284 g/mol. The Morgan fingerprint density at radius 2 is 2.43 bits per heavy atom. The van der Waals surface area contributed by atoms with Crippen LogP contribution in [-0.2, 0) is 4.79 Å². The zero-order valence-electron chi connectivity index (χ0n) is 12.2. The molecule has 0 bridgehead atoms. The lowest BCUT2D eigenvalue weighted by molar-refractivity contribution is -0.122. The van der Waals surface area contributed by atoms with Gasteiger partial charge in [0.05, 0.1) is 11.9 Å². The number of imidazole rings is 1. The van der Waals surface area contributed by atoms with Gasteiger partial charge in [-0.3, -0.25) is 4.79 Å². The number of amides is 1. The van der Waals surface area contributed by atoms with Gasteiger partial charge in [-0.15, -0.1) is 0 Å². The van der Waals surface area contributed by atoms with Crippen LogP contribution in [0.2, 0.25) is 0 Å². The molecule has 0 saturated carbocycles. The summed E-state index contributed by atoms with van der Waals surface area (Å²) in [5, 5.41) is 6.40. The third-order valence-electron chi connectivity index (χ3n) is 4.19. The molecule has 2 N–H and O–H groups in total. The van der Waals surface area contributed by atoms with Crippen molar-refractivity contribution < 1.29 is 4.79 Å². The van der Waals surface area contributed by atoms with Crippen LogP contribution >= 0.6 is 0 Å². The van der Waals surface area contributed by atoms with Gasteiger partial charge in [-0.05, 0) is 44.0 Å². The predicted octanol–water partition coefficient (Wildman–Crippen LogP) is 2.34. The molecule has 2 aromatic rings. The molecule has 1 aromatic heterocycles. The van der Waals surface area contributed by atoms with Crippen molar-refractivity contribution >= 4 is 11.6 Å². The summed E-state index contributed by atoms with van der Waals surface area (Å²) in [7, 11) is 0. The quantitative estimate of drug-likeness (QED) is 0.906. The van der Waals surface area contributed by atoms with Crippen LogP contribution in [0.3, 0.4) is 0 Å². The van der Waals surface area contributed by atoms with E-state index >= 15 is 0 Å². The molecular weight excluding hydrogens is 264 g/mol. The molecule has 1 aliphatic heterocycles. The first kappa shape index (κ1) is 13.8. The van der Waals surface area contributed by atoms with E-state index < -0.39 is 5.54 Å². The minimum Gasteiger partial charge on any atom is -0.324 e. The van der Waals surface area contributed by atoms with E-state index in [-0.39, 0.29) is 5.91 Å². The van der Waals surface area contributed by atoms with Gasteiger partial charge in [0.25, 0.3) is 0 Å². The number of carbonyl (C=O) groups is 1. The minimum absolute atomic E-state index is 0.0604. The van der Waals surface area contributed by atoms with Gasteiger partial charge in [-0.2, -0.15) is 0 Å². The van der Waals surface area contributed by atoms with E-state index in [0.717, 1.165) is 37.2 Å². The molecule has 110 valence electrons. The van der Waals surface area contributed by atoms with Crippen molar-refractivity contribution in [3.63, 3.8) is 0 Å². The normalized spacial score (nSPS) is 21.4. The fourth-order valence-electron chi connectivity index (χ4n) is 2.87. The third kappa shape index (κ3) is 2.69. The summed E-state index contributed by atoms with van der Waals surface area (Å²) in [6, 6.07) is 7.79. The van der Waals surface area contributed by atoms with Crippen LogP contribution in [-0.4, -0.2) is 27.5 Å². The number of anilines is 1. The highest BCUT2D eigenvalue weighted by Crippen LogP contribution is 2.25. The monoisotopic (exact) mass is 284 g/mol. The van der Waals surface area contributed by atoms with Gasteiger partial charge in [-0.25, -0.2) is 4.98 Å². The molecular formula is C16H20N4O.